The second-order valence-electron chi connectivity index (χ2n) is 4.96. The van der Waals surface area contributed by atoms with Crippen molar-refractivity contribution >= 4 is 17.7 Å². The summed E-state index contributed by atoms with van der Waals surface area (Å²) in [5, 5.41) is 8.86. The fourth-order valence-corrected chi connectivity index (χ4v) is 2.30. The number of aryl methyl sites for hydroxylation is 1. The molecule has 2 aromatic heterocycles. The lowest BCUT2D eigenvalue weighted by Gasteiger charge is -2.01. The third kappa shape index (κ3) is 2.61. The number of carbonyl (C=O) groups is 1. The number of imidazole rings is 1. The molecule has 0 aliphatic carbocycles. The minimum Gasteiger partial charge on any atom is -0.478 e. The van der Waals surface area contributed by atoms with Gasteiger partial charge < -0.3 is 5.11 Å². The van der Waals surface area contributed by atoms with Gasteiger partial charge in [-0.1, -0.05) is 0 Å². The molecule has 0 radical (unpaired) electrons. The van der Waals surface area contributed by atoms with Gasteiger partial charge >= 0.3 is 5.97 Å². The Balaban J connectivity index is 2.25. The van der Waals surface area contributed by atoms with E-state index in [0.717, 1.165) is 17.2 Å². The van der Waals surface area contributed by atoms with Gasteiger partial charge in [-0.3, -0.25) is 4.40 Å². The zero-order valence-electron chi connectivity index (χ0n) is 11.8. The first-order valence-electron chi connectivity index (χ1n) is 6.70. The number of aliphatic carboxylic acids is 1. The molecule has 0 atom stereocenters. The van der Waals surface area contributed by atoms with Crippen molar-refractivity contribution < 1.29 is 14.3 Å². The Bertz CT molecular complexity index is 880. The molecule has 0 unspecified atom stereocenters. The smallest absolute Gasteiger partial charge is 0.328 e. The van der Waals surface area contributed by atoms with Crippen LogP contribution in [0.25, 0.3) is 23.0 Å². The first-order valence-corrected chi connectivity index (χ1v) is 6.70. The van der Waals surface area contributed by atoms with Gasteiger partial charge in [0.05, 0.1) is 11.4 Å². The lowest BCUT2D eigenvalue weighted by atomic mass is 10.1. The second-order valence-corrected chi connectivity index (χ2v) is 4.96. The van der Waals surface area contributed by atoms with Gasteiger partial charge in [-0.15, -0.1) is 0 Å². The van der Waals surface area contributed by atoms with Gasteiger partial charge in [0.2, 0.25) is 0 Å². The molecule has 0 spiro atoms. The molecule has 0 aliphatic heterocycles. The van der Waals surface area contributed by atoms with Crippen LogP contribution in [0.5, 0.6) is 0 Å². The third-order valence-corrected chi connectivity index (χ3v) is 3.32. The van der Waals surface area contributed by atoms with Crippen molar-refractivity contribution in [1.29, 1.82) is 0 Å². The third-order valence-electron chi connectivity index (χ3n) is 3.32. The molecule has 1 N–H and O–H groups in total. The largest absolute Gasteiger partial charge is 0.478 e. The van der Waals surface area contributed by atoms with E-state index in [1.165, 1.54) is 18.2 Å². The first-order chi connectivity index (χ1) is 10.5. The standard InChI is InChI=1S/C17H13FN2O2/c1-11-8-9-20-14(6-7-16(21)22)17(19-15(20)10-11)12-2-4-13(18)5-3-12/h2-10H,1H3,(H,21,22)/b7-6-. The van der Waals surface area contributed by atoms with Gasteiger partial charge in [-0.25, -0.2) is 14.2 Å². The highest BCUT2D eigenvalue weighted by molar-refractivity contribution is 5.87. The number of halogens is 1. The van der Waals surface area contributed by atoms with E-state index in [0.29, 0.717) is 17.0 Å². The molecular formula is C17H13FN2O2. The average Bonchev–Trinajstić information content (AvgIpc) is 2.83. The van der Waals surface area contributed by atoms with Crippen molar-refractivity contribution in [2.24, 2.45) is 0 Å². The van der Waals surface area contributed by atoms with Crippen molar-refractivity contribution in [2.45, 2.75) is 6.92 Å². The molecule has 4 nitrogen and oxygen atoms in total. The van der Waals surface area contributed by atoms with E-state index < -0.39 is 5.97 Å². The van der Waals surface area contributed by atoms with E-state index in [2.05, 4.69) is 4.98 Å². The van der Waals surface area contributed by atoms with Gasteiger partial charge in [0.15, 0.2) is 0 Å². The fraction of sp³-hybridized carbons (Fsp3) is 0.0588. The number of aromatic nitrogens is 2. The Morgan fingerprint density at radius 2 is 2.00 bits per heavy atom. The first kappa shape index (κ1) is 14.0. The molecule has 0 fully saturated rings. The summed E-state index contributed by atoms with van der Waals surface area (Å²) in [6.07, 6.45) is 4.40. The lowest BCUT2D eigenvalue weighted by molar-refractivity contribution is -0.131. The molecule has 0 saturated heterocycles. The van der Waals surface area contributed by atoms with Crippen LogP contribution in [0.3, 0.4) is 0 Å². The minimum atomic E-state index is -1.04. The Kier molecular flexibility index (Phi) is 3.47. The highest BCUT2D eigenvalue weighted by Crippen LogP contribution is 2.26. The van der Waals surface area contributed by atoms with Gasteiger partial charge in [-0.05, 0) is 55.0 Å². The molecule has 0 aliphatic rings. The van der Waals surface area contributed by atoms with Crippen molar-refractivity contribution in [1.82, 2.24) is 9.38 Å². The lowest BCUT2D eigenvalue weighted by Crippen LogP contribution is -1.91. The summed E-state index contributed by atoms with van der Waals surface area (Å²) in [5.74, 6) is -1.36. The minimum absolute atomic E-state index is 0.328. The van der Waals surface area contributed by atoms with Crippen LogP contribution in [0.4, 0.5) is 4.39 Å². The monoisotopic (exact) mass is 296 g/mol. The van der Waals surface area contributed by atoms with Crippen molar-refractivity contribution in [2.75, 3.05) is 0 Å². The number of nitrogens with zero attached hydrogens (tertiary/aromatic N) is 2. The second kappa shape index (κ2) is 5.44. The predicted molar refractivity (Wildman–Crippen MR) is 82.0 cm³/mol. The molecule has 3 aromatic rings. The summed E-state index contributed by atoms with van der Waals surface area (Å²) < 4.78 is 14.9. The molecule has 5 heteroatoms. The molecule has 110 valence electrons. The van der Waals surface area contributed by atoms with Crippen LogP contribution in [0.2, 0.25) is 0 Å². The van der Waals surface area contributed by atoms with Crippen LogP contribution in [0, 0.1) is 12.7 Å². The normalized spacial score (nSPS) is 11.4. The number of carboxylic acids is 1. The predicted octanol–water partition coefficient (Wildman–Crippen LogP) is 3.55. The van der Waals surface area contributed by atoms with Gasteiger partial charge in [-0.2, -0.15) is 0 Å². The summed E-state index contributed by atoms with van der Waals surface area (Å²) in [6.45, 7) is 1.96. The summed E-state index contributed by atoms with van der Waals surface area (Å²) in [6, 6.07) is 9.79. The Labute approximate surface area is 126 Å². The topological polar surface area (TPSA) is 54.6 Å². The Hall–Kier alpha value is -2.95. The SMILES string of the molecule is Cc1ccn2c(/C=C\C(=O)O)c(-c3ccc(F)cc3)nc2c1. The fourth-order valence-electron chi connectivity index (χ4n) is 2.30. The van der Waals surface area contributed by atoms with E-state index in [4.69, 9.17) is 5.11 Å². The van der Waals surface area contributed by atoms with Crippen molar-refractivity contribution in [3.8, 4) is 11.3 Å². The number of carboxylic acid groups (broad SMARTS) is 1. The maximum atomic E-state index is 13.1. The molecular weight excluding hydrogens is 283 g/mol. The molecule has 0 saturated carbocycles. The van der Waals surface area contributed by atoms with Crippen molar-refractivity contribution in [3.05, 3.63) is 65.7 Å². The number of fused-ring (bicyclic) bond motifs is 1. The molecule has 2 heterocycles. The maximum Gasteiger partial charge on any atom is 0.328 e. The number of hydrogen-bond donors (Lipinski definition) is 1. The maximum absolute atomic E-state index is 13.1. The summed E-state index contributed by atoms with van der Waals surface area (Å²) in [7, 11) is 0. The molecule has 0 bridgehead atoms. The number of pyridine rings is 1. The number of rotatable bonds is 3. The zero-order valence-corrected chi connectivity index (χ0v) is 11.8. The summed E-state index contributed by atoms with van der Waals surface area (Å²) >= 11 is 0. The summed E-state index contributed by atoms with van der Waals surface area (Å²) in [4.78, 5) is 15.4. The van der Waals surface area contributed by atoms with Gasteiger partial charge in [0.1, 0.15) is 11.5 Å². The summed E-state index contributed by atoms with van der Waals surface area (Å²) in [5.41, 5.74) is 3.75. The van der Waals surface area contributed by atoms with Crippen LogP contribution in [0.1, 0.15) is 11.3 Å². The zero-order chi connectivity index (χ0) is 15.7. The quantitative estimate of drug-likeness (QED) is 0.752. The molecule has 22 heavy (non-hydrogen) atoms. The average molecular weight is 296 g/mol. The Morgan fingerprint density at radius 1 is 1.27 bits per heavy atom. The van der Waals surface area contributed by atoms with Gasteiger partial charge in [0.25, 0.3) is 0 Å². The molecule has 0 amide bonds. The van der Waals surface area contributed by atoms with Gasteiger partial charge in [0, 0.05) is 17.8 Å². The van der Waals surface area contributed by atoms with E-state index in [1.54, 1.807) is 12.1 Å². The van der Waals surface area contributed by atoms with Crippen LogP contribution in [0.15, 0.2) is 48.7 Å². The molecule has 3 rings (SSSR count). The van der Waals surface area contributed by atoms with Crippen LogP contribution in [-0.4, -0.2) is 20.5 Å². The van der Waals surface area contributed by atoms with Crippen molar-refractivity contribution in [3.63, 3.8) is 0 Å². The van der Waals surface area contributed by atoms with E-state index >= 15 is 0 Å². The van der Waals surface area contributed by atoms with E-state index in [1.807, 2.05) is 29.7 Å². The highest BCUT2D eigenvalue weighted by Gasteiger charge is 2.12. The van der Waals surface area contributed by atoms with Crippen LogP contribution < -0.4 is 0 Å². The van der Waals surface area contributed by atoms with Crippen LogP contribution >= 0.6 is 0 Å². The highest BCUT2D eigenvalue weighted by atomic mass is 19.1. The number of hydrogen-bond acceptors (Lipinski definition) is 2. The van der Waals surface area contributed by atoms with E-state index in [-0.39, 0.29) is 5.82 Å². The van der Waals surface area contributed by atoms with E-state index in [9.17, 15) is 9.18 Å². The number of benzene rings is 1. The van der Waals surface area contributed by atoms with Crippen LogP contribution in [-0.2, 0) is 4.79 Å². The Morgan fingerprint density at radius 3 is 2.68 bits per heavy atom. The molecule has 1 aromatic carbocycles.